The minimum atomic E-state index is -0.119. The van der Waals surface area contributed by atoms with Crippen molar-refractivity contribution in [2.75, 3.05) is 19.6 Å². The van der Waals surface area contributed by atoms with Crippen LogP contribution in [0.25, 0.3) is 27.5 Å². The van der Waals surface area contributed by atoms with Crippen molar-refractivity contribution in [3.8, 4) is 5.69 Å². The minimum absolute atomic E-state index is 0.0311. The Labute approximate surface area is 470 Å². The molecule has 0 aliphatic carbocycles. The molecule has 0 N–H and O–H groups in total. The van der Waals surface area contributed by atoms with Gasteiger partial charge in [0.15, 0.2) is 0 Å². The largest absolute Gasteiger partial charge is 0.311 e. The Bertz CT molecular complexity index is 4520. The molecule has 5 nitrogen and oxygen atoms in total. The van der Waals surface area contributed by atoms with Crippen LogP contribution in [0, 0.1) is 0 Å². The summed E-state index contributed by atoms with van der Waals surface area (Å²) < 4.78 is 2.64. The molecule has 4 aliphatic rings. The number of fused-ring (bicyclic) bond motifs is 12. The Kier molecular flexibility index (Phi) is 10.1. The molecule has 8 heteroatoms. The quantitative estimate of drug-likeness (QED) is 0.141. The molecule has 0 saturated heterocycles. The molecule has 0 amide bonds. The molecule has 0 fully saturated rings. The van der Waals surface area contributed by atoms with Crippen LogP contribution in [0.5, 0.6) is 0 Å². The van der Waals surface area contributed by atoms with E-state index < -0.39 is 0 Å². The lowest BCUT2D eigenvalue weighted by Gasteiger charge is -2.45. The van der Waals surface area contributed by atoms with Gasteiger partial charge in [0.1, 0.15) is 0 Å². The second-order valence-corrected chi connectivity index (χ2v) is 22.3. The summed E-state index contributed by atoms with van der Waals surface area (Å²) in [6.45, 7) is -0.150. The summed E-state index contributed by atoms with van der Waals surface area (Å²) in [7, 11) is 0. The molecule has 0 unspecified atom stereocenters. The molecule has 5 heterocycles. The Balaban J connectivity index is 1.02. The molecule has 4 aliphatic heterocycles. The van der Waals surface area contributed by atoms with Crippen molar-refractivity contribution >= 4 is 148 Å². The van der Waals surface area contributed by atoms with Crippen molar-refractivity contribution in [1.29, 1.82) is 0 Å². The average Bonchev–Trinajstić information content (AvgIpc) is 3.76. The zero-order valence-electron chi connectivity index (χ0n) is 43.4. The van der Waals surface area contributed by atoms with Crippen molar-refractivity contribution in [1.82, 2.24) is 4.57 Å². The van der Waals surface area contributed by atoms with Gasteiger partial charge in [-0.1, -0.05) is 187 Å². The van der Waals surface area contributed by atoms with Gasteiger partial charge in [-0.3, -0.25) is 0 Å². The Hall–Kier alpha value is -9.88. The maximum absolute atomic E-state index is 2.65. The number of aromatic nitrogens is 1. The zero-order valence-corrected chi connectivity index (χ0v) is 44.3. The molecule has 0 spiro atoms. The molecular weight excluding hydrogens is 989 g/mol. The minimum Gasteiger partial charge on any atom is -0.311 e. The molecular formula is C72H47B2N5S. The van der Waals surface area contributed by atoms with E-state index in [0.717, 1.165) is 56.9 Å². The number of benzene rings is 12. The molecule has 0 saturated carbocycles. The third-order valence-corrected chi connectivity index (χ3v) is 18.0. The topological polar surface area (TPSA) is 17.9 Å². The lowest BCUT2D eigenvalue weighted by Crippen LogP contribution is -2.64. The number of anilines is 12. The standard InChI is InChI=1S/C72H47B2N5S/c1-7-25-48(26-8-1)75(49-27-9-2-10-28-49)54-43-63-69-64(44-54)78(53-35-17-6-18-36-53)71-59(73(69)57-38-20-23-41-62(57)77(63)52-33-15-5-16-34-52)47-60-72-68(71)56-37-19-22-40-61(56)79(72)65-45-55(46-67-70(65)74(60)58-39-21-24-42-66(58)80-67)76(50-29-11-3-12-30-50)51-31-13-4-14-32-51/h1-47H. The predicted molar refractivity (Wildman–Crippen MR) is 339 cm³/mol. The van der Waals surface area contributed by atoms with E-state index >= 15 is 0 Å². The van der Waals surface area contributed by atoms with E-state index in [1.54, 1.807) is 0 Å². The van der Waals surface area contributed by atoms with Gasteiger partial charge >= 0.3 is 0 Å². The summed E-state index contributed by atoms with van der Waals surface area (Å²) in [6.07, 6.45) is 0. The van der Waals surface area contributed by atoms with Crippen LogP contribution in [0.1, 0.15) is 0 Å². The average molecular weight is 1040 g/mol. The van der Waals surface area contributed by atoms with E-state index in [2.05, 4.69) is 309 Å². The number of hydrogen-bond donors (Lipinski definition) is 0. The maximum atomic E-state index is 2.65. The van der Waals surface area contributed by atoms with Gasteiger partial charge in [0.2, 0.25) is 6.71 Å². The van der Waals surface area contributed by atoms with Crippen LogP contribution in [-0.4, -0.2) is 18.0 Å². The second-order valence-electron chi connectivity index (χ2n) is 21.2. The van der Waals surface area contributed by atoms with E-state index in [-0.39, 0.29) is 13.4 Å². The lowest BCUT2D eigenvalue weighted by molar-refractivity contribution is 1.16. The van der Waals surface area contributed by atoms with Crippen molar-refractivity contribution in [2.45, 2.75) is 9.79 Å². The first-order valence-corrected chi connectivity index (χ1v) is 28.4. The Morgan fingerprint density at radius 2 is 0.775 bits per heavy atom. The van der Waals surface area contributed by atoms with Gasteiger partial charge in [0, 0.05) is 83.1 Å². The van der Waals surface area contributed by atoms with E-state index in [4.69, 9.17) is 0 Å². The van der Waals surface area contributed by atoms with Gasteiger partial charge in [0.25, 0.3) is 6.71 Å². The fraction of sp³-hybridized carbons (Fsp3) is 0. The van der Waals surface area contributed by atoms with Crippen molar-refractivity contribution in [3.63, 3.8) is 0 Å². The number of para-hydroxylation sites is 8. The molecule has 80 heavy (non-hydrogen) atoms. The van der Waals surface area contributed by atoms with Crippen molar-refractivity contribution in [3.05, 3.63) is 285 Å². The third kappa shape index (κ3) is 6.63. The van der Waals surface area contributed by atoms with Crippen LogP contribution in [0.3, 0.4) is 0 Å². The van der Waals surface area contributed by atoms with Crippen LogP contribution in [0.4, 0.5) is 68.2 Å². The third-order valence-electron chi connectivity index (χ3n) is 16.9. The van der Waals surface area contributed by atoms with Gasteiger partial charge in [-0.25, -0.2) is 0 Å². The summed E-state index contributed by atoms with van der Waals surface area (Å²) in [5, 5.41) is 2.49. The number of hydrogen-bond acceptors (Lipinski definition) is 5. The highest BCUT2D eigenvalue weighted by Gasteiger charge is 2.48. The molecule has 12 aromatic carbocycles. The highest BCUT2D eigenvalue weighted by Crippen LogP contribution is 2.52. The van der Waals surface area contributed by atoms with Gasteiger partial charge in [0.05, 0.1) is 22.4 Å². The lowest BCUT2D eigenvalue weighted by atomic mass is 9.31. The predicted octanol–water partition coefficient (Wildman–Crippen LogP) is 15.1. The monoisotopic (exact) mass is 1040 g/mol. The van der Waals surface area contributed by atoms with Crippen LogP contribution >= 0.6 is 11.8 Å². The van der Waals surface area contributed by atoms with Gasteiger partial charge < -0.3 is 24.2 Å². The first-order chi connectivity index (χ1) is 39.7. The van der Waals surface area contributed by atoms with Crippen molar-refractivity contribution in [2.24, 2.45) is 0 Å². The van der Waals surface area contributed by atoms with Crippen LogP contribution in [0.15, 0.2) is 295 Å². The first-order valence-electron chi connectivity index (χ1n) is 27.6. The zero-order chi connectivity index (χ0) is 52.4. The molecule has 1 aromatic heterocycles. The number of rotatable bonds is 8. The van der Waals surface area contributed by atoms with Gasteiger partial charge in [-0.2, -0.15) is 0 Å². The fourth-order valence-electron chi connectivity index (χ4n) is 13.8. The summed E-state index contributed by atoms with van der Waals surface area (Å²) in [4.78, 5) is 12.6. The molecule has 0 bridgehead atoms. The normalized spacial score (nSPS) is 13.1. The van der Waals surface area contributed by atoms with E-state index in [1.165, 1.54) is 81.4 Å². The van der Waals surface area contributed by atoms with Crippen molar-refractivity contribution < 1.29 is 0 Å². The highest BCUT2D eigenvalue weighted by molar-refractivity contribution is 8.00. The van der Waals surface area contributed by atoms with Crippen LogP contribution in [-0.2, 0) is 0 Å². The first kappa shape index (κ1) is 45.2. The summed E-state index contributed by atoms with van der Waals surface area (Å²) in [5.74, 6) is 0. The maximum Gasteiger partial charge on any atom is 0.252 e. The SMILES string of the molecule is c1ccc(N(c2ccccc2)c2cc3c4c(c2)N(c2ccccc2)c2c(cc5c6c2c2ccccc2n6-c2cc(N(c6ccccc6)c6ccccc6)cc6c2B5c2ccccc2S6)B4c2ccccc2N3c2ccccc2)cc1. The summed E-state index contributed by atoms with van der Waals surface area (Å²) >= 11 is 1.91. The van der Waals surface area contributed by atoms with Gasteiger partial charge in [-0.15, -0.1) is 0 Å². The molecule has 13 aromatic rings. The molecule has 372 valence electrons. The van der Waals surface area contributed by atoms with E-state index in [9.17, 15) is 0 Å². The second kappa shape index (κ2) is 17.8. The highest BCUT2D eigenvalue weighted by atomic mass is 32.2. The summed E-state index contributed by atoms with van der Waals surface area (Å²) in [6, 6.07) is 106. The molecule has 0 radical (unpaired) electrons. The summed E-state index contributed by atoms with van der Waals surface area (Å²) in [5.41, 5.74) is 25.1. The fourth-order valence-corrected chi connectivity index (χ4v) is 15.0. The molecule has 17 rings (SSSR count). The van der Waals surface area contributed by atoms with Crippen LogP contribution in [0.2, 0.25) is 0 Å². The van der Waals surface area contributed by atoms with Crippen LogP contribution < -0.4 is 52.4 Å². The van der Waals surface area contributed by atoms with Gasteiger partial charge in [-0.05, 0) is 143 Å². The molecule has 0 atom stereocenters. The number of nitrogens with zero attached hydrogens (tertiary/aromatic N) is 5. The smallest absolute Gasteiger partial charge is 0.252 e. The van der Waals surface area contributed by atoms with E-state index in [0.29, 0.717) is 0 Å². The Morgan fingerprint density at radius 3 is 1.39 bits per heavy atom. The Morgan fingerprint density at radius 1 is 0.312 bits per heavy atom. The van der Waals surface area contributed by atoms with E-state index in [1.807, 2.05) is 11.8 Å².